The molecule has 3 N–H and O–H groups in total. The second-order valence-corrected chi connectivity index (χ2v) is 9.61. The number of anilines is 1. The van der Waals surface area contributed by atoms with Crippen molar-refractivity contribution in [3.63, 3.8) is 0 Å². The van der Waals surface area contributed by atoms with Crippen LogP contribution in [0.25, 0.3) is 0 Å². The second-order valence-electron chi connectivity index (χ2n) is 7.04. The Morgan fingerprint density at radius 3 is 2.52 bits per heavy atom. The molecule has 0 aromatic heterocycles. The molecule has 2 aromatic carbocycles. The summed E-state index contributed by atoms with van der Waals surface area (Å²) >= 11 is 3.32. The zero-order valence-corrected chi connectivity index (χ0v) is 18.4. The lowest BCUT2D eigenvalue weighted by molar-refractivity contribution is -0.114. The number of nitrogens with one attached hydrogen (secondary N) is 3. The summed E-state index contributed by atoms with van der Waals surface area (Å²) < 4.78 is 28.0. The molecule has 9 heteroatoms. The van der Waals surface area contributed by atoms with Gasteiger partial charge in [0.05, 0.1) is 16.5 Å². The minimum absolute atomic E-state index is 0.0168. The Kier molecular flexibility index (Phi) is 6.40. The molecule has 1 unspecified atom stereocenters. The van der Waals surface area contributed by atoms with Gasteiger partial charge in [-0.2, -0.15) is 0 Å². The third-order valence-corrected chi connectivity index (χ3v) is 6.66. The van der Waals surface area contributed by atoms with Crippen LogP contribution in [0.5, 0.6) is 0 Å². The van der Waals surface area contributed by atoms with Crippen molar-refractivity contribution in [2.45, 2.75) is 43.7 Å². The number of sulfonamides is 1. The average molecular weight is 480 g/mol. The van der Waals surface area contributed by atoms with Crippen molar-refractivity contribution >= 4 is 43.5 Å². The lowest BCUT2D eigenvalue weighted by Gasteiger charge is -2.17. The maximum absolute atomic E-state index is 12.8. The molecule has 1 atom stereocenters. The molecule has 2 amide bonds. The maximum Gasteiger partial charge on any atom is 0.252 e. The molecule has 2 aromatic rings. The van der Waals surface area contributed by atoms with Crippen LogP contribution in [0.4, 0.5) is 5.69 Å². The van der Waals surface area contributed by atoms with Crippen LogP contribution < -0.4 is 15.4 Å². The van der Waals surface area contributed by atoms with Gasteiger partial charge in [0.25, 0.3) is 5.91 Å². The Bertz CT molecular complexity index is 1050. The van der Waals surface area contributed by atoms with Crippen molar-refractivity contribution in [2.24, 2.45) is 0 Å². The SMILES string of the molecule is CC(=O)Nc1cccc(C(C)NC(=O)c2cc(S(=O)(=O)NC3CC3)ccc2Br)c1. The molecule has 0 radical (unpaired) electrons. The largest absolute Gasteiger partial charge is 0.345 e. The Labute approximate surface area is 178 Å². The monoisotopic (exact) mass is 479 g/mol. The van der Waals surface area contributed by atoms with Crippen molar-refractivity contribution in [1.82, 2.24) is 10.0 Å². The van der Waals surface area contributed by atoms with E-state index in [1.165, 1.54) is 19.1 Å². The zero-order valence-electron chi connectivity index (χ0n) is 16.0. The van der Waals surface area contributed by atoms with Gasteiger partial charge in [-0.25, -0.2) is 13.1 Å². The first-order chi connectivity index (χ1) is 13.7. The van der Waals surface area contributed by atoms with Gasteiger partial charge in [0.1, 0.15) is 0 Å². The number of rotatable bonds is 7. The molecule has 3 rings (SSSR count). The molecule has 1 aliphatic carbocycles. The van der Waals surface area contributed by atoms with Gasteiger partial charge in [-0.1, -0.05) is 12.1 Å². The molecule has 0 aliphatic heterocycles. The van der Waals surface area contributed by atoms with Crippen LogP contribution in [0.2, 0.25) is 0 Å². The highest BCUT2D eigenvalue weighted by atomic mass is 79.9. The topological polar surface area (TPSA) is 104 Å². The number of hydrogen-bond donors (Lipinski definition) is 3. The molecule has 0 saturated heterocycles. The molecule has 29 heavy (non-hydrogen) atoms. The summed E-state index contributed by atoms with van der Waals surface area (Å²) in [6, 6.07) is 11.2. The minimum Gasteiger partial charge on any atom is -0.345 e. The van der Waals surface area contributed by atoms with E-state index in [1.54, 1.807) is 24.3 Å². The van der Waals surface area contributed by atoms with E-state index >= 15 is 0 Å². The third kappa shape index (κ3) is 5.65. The number of carbonyl (C=O) groups is 2. The van der Waals surface area contributed by atoms with Gasteiger partial charge in [-0.05, 0) is 71.6 Å². The lowest BCUT2D eigenvalue weighted by atomic mass is 10.1. The molecule has 0 spiro atoms. The van der Waals surface area contributed by atoms with Crippen molar-refractivity contribution in [1.29, 1.82) is 0 Å². The number of benzene rings is 2. The average Bonchev–Trinajstić information content (AvgIpc) is 3.44. The molecular weight excluding hydrogens is 458 g/mol. The minimum atomic E-state index is -3.66. The van der Waals surface area contributed by atoms with Crippen molar-refractivity contribution in [2.75, 3.05) is 5.32 Å². The van der Waals surface area contributed by atoms with Gasteiger partial charge < -0.3 is 10.6 Å². The van der Waals surface area contributed by atoms with Crippen LogP contribution in [0.3, 0.4) is 0 Å². The normalized spacial score (nSPS) is 14.9. The molecule has 0 bridgehead atoms. The van der Waals surface area contributed by atoms with E-state index in [0.717, 1.165) is 18.4 Å². The summed E-state index contributed by atoms with van der Waals surface area (Å²) in [5.41, 5.74) is 1.67. The summed E-state index contributed by atoms with van der Waals surface area (Å²) in [7, 11) is -3.66. The van der Waals surface area contributed by atoms with E-state index in [2.05, 4.69) is 31.3 Å². The molecule has 1 saturated carbocycles. The summed E-state index contributed by atoms with van der Waals surface area (Å²) in [6.45, 7) is 3.24. The second kappa shape index (κ2) is 8.64. The fraction of sp³-hybridized carbons (Fsp3) is 0.300. The van der Waals surface area contributed by atoms with Crippen molar-refractivity contribution in [3.05, 3.63) is 58.1 Å². The number of carbonyl (C=O) groups excluding carboxylic acids is 2. The predicted molar refractivity (Wildman–Crippen MR) is 114 cm³/mol. The first kappa shape index (κ1) is 21.5. The molecular formula is C20H22BrN3O4S. The van der Waals surface area contributed by atoms with Gasteiger partial charge in [0.2, 0.25) is 15.9 Å². The summed E-state index contributed by atoms with van der Waals surface area (Å²) in [5, 5.41) is 5.57. The van der Waals surface area contributed by atoms with E-state index in [0.29, 0.717) is 10.2 Å². The van der Waals surface area contributed by atoms with Gasteiger partial charge in [0.15, 0.2) is 0 Å². The zero-order chi connectivity index (χ0) is 21.2. The van der Waals surface area contributed by atoms with Crippen LogP contribution in [0.15, 0.2) is 51.8 Å². The highest BCUT2D eigenvalue weighted by Crippen LogP contribution is 2.26. The summed E-state index contributed by atoms with van der Waals surface area (Å²) in [4.78, 5) is 24.1. The number of hydrogen-bond acceptors (Lipinski definition) is 4. The number of amides is 2. The highest BCUT2D eigenvalue weighted by Gasteiger charge is 2.28. The van der Waals surface area contributed by atoms with Crippen LogP contribution >= 0.6 is 15.9 Å². The molecule has 0 heterocycles. The lowest BCUT2D eigenvalue weighted by Crippen LogP contribution is -2.28. The Morgan fingerprint density at radius 1 is 1.14 bits per heavy atom. The van der Waals surface area contributed by atoms with E-state index in [-0.39, 0.29) is 28.4 Å². The Balaban J connectivity index is 1.78. The Hall–Kier alpha value is -2.23. The van der Waals surface area contributed by atoms with Crippen LogP contribution in [0.1, 0.15) is 48.7 Å². The van der Waals surface area contributed by atoms with E-state index in [1.807, 2.05) is 13.0 Å². The van der Waals surface area contributed by atoms with Crippen LogP contribution in [0, 0.1) is 0 Å². The standard InChI is InChI=1S/C20H22BrN3O4S/c1-12(14-4-3-5-16(10-14)23-13(2)25)22-20(26)18-11-17(8-9-19(18)21)29(27,28)24-15-6-7-15/h3-5,8-12,15,24H,6-7H2,1-2H3,(H,22,26)(H,23,25). The summed E-state index contributed by atoms with van der Waals surface area (Å²) in [5.74, 6) is -0.585. The predicted octanol–water partition coefficient (Wildman–Crippen LogP) is 3.34. The van der Waals surface area contributed by atoms with Crippen LogP contribution in [-0.4, -0.2) is 26.3 Å². The van der Waals surface area contributed by atoms with E-state index in [4.69, 9.17) is 0 Å². The van der Waals surface area contributed by atoms with Crippen molar-refractivity contribution in [3.8, 4) is 0 Å². The van der Waals surface area contributed by atoms with Gasteiger partial charge >= 0.3 is 0 Å². The van der Waals surface area contributed by atoms with E-state index in [9.17, 15) is 18.0 Å². The Morgan fingerprint density at radius 2 is 1.86 bits per heavy atom. The third-order valence-electron chi connectivity index (χ3n) is 4.45. The van der Waals surface area contributed by atoms with Gasteiger partial charge in [-0.15, -0.1) is 0 Å². The molecule has 1 aliphatic rings. The van der Waals surface area contributed by atoms with Gasteiger partial charge in [-0.3, -0.25) is 9.59 Å². The quantitative estimate of drug-likeness (QED) is 0.566. The van der Waals surface area contributed by atoms with Crippen LogP contribution in [-0.2, 0) is 14.8 Å². The summed E-state index contributed by atoms with van der Waals surface area (Å²) in [6.07, 6.45) is 1.66. The van der Waals surface area contributed by atoms with Crippen molar-refractivity contribution < 1.29 is 18.0 Å². The van der Waals surface area contributed by atoms with Gasteiger partial charge in [0, 0.05) is 23.1 Å². The maximum atomic E-state index is 12.8. The number of halogens is 1. The fourth-order valence-corrected chi connectivity index (χ4v) is 4.54. The first-order valence-electron chi connectivity index (χ1n) is 9.16. The highest BCUT2D eigenvalue weighted by molar-refractivity contribution is 9.10. The fourth-order valence-electron chi connectivity index (χ4n) is 2.78. The van der Waals surface area contributed by atoms with E-state index < -0.39 is 15.9 Å². The molecule has 7 nitrogen and oxygen atoms in total. The molecule has 154 valence electrons. The smallest absolute Gasteiger partial charge is 0.252 e. The first-order valence-corrected chi connectivity index (χ1v) is 11.4. The molecule has 1 fully saturated rings.